The number of pyridine rings is 5. The van der Waals surface area contributed by atoms with Gasteiger partial charge in [-0.05, 0) is 213 Å². The summed E-state index contributed by atoms with van der Waals surface area (Å²) in [6.07, 6.45) is 0.600. The Hall–Kier alpha value is -8.10. The van der Waals surface area contributed by atoms with Gasteiger partial charge in [-0.1, -0.05) is 253 Å². The average molecular weight is 1900 g/mol. The third kappa shape index (κ3) is 64.4. The third-order valence-electron chi connectivity index (χ3n) is 16.4. The molecule has 5 aromatic carbocycles. The van der Waals surface area contributed by atoms with E-state index in [1.807, 2.05) is 283 Å². The van der Waals surface area contributed by atoms with E-state index >= 15 is 0 Å². The predicted molar refractivity (Wildman–Crippen MR) is 545 cm³/mol. The summed E-state index contributed by atoms with van der Waals surface area (Å²) >= 11 is 7.01. The minimum Gasteiger partial charge on any atom is -0.870 e. The van der Waals surface area contributed by atoms with Crippen molar-refractivity contribution in [2.24, 2.45) is 5.73 Å². The van der Waals surface area contributed by atoms with Gasteiger partial charge in [-0.25, -0.2) is 0 Å². The van der Waals surface area contributed by atoms with E-state index in [-0.39, 0.29) is 71.0 Å². The summed E-state index contributed by atoms with van der Waals surface area (Å²) in [6.45, 7) is 40.9. The minimum absolute atomic E-state index is 0. The van der Waals surface area contributed by atoms with E-state index in [9.17, 15) is 45.5 Å². The van der Waals surface area contributed by atoms with Crippen molar-refractivity contribution < 1.29 is 79.3 Å². The number of ether oxygens (including phenoxy) is 2. The van der Waals surface area contributed by atoms with Gasteiger partial charge < -0.3 is 20.7 Å². The predicted octanol–water partition coefficient (Wildman–Crippen LogP) is 19.7. The Kier molecular flexibility index (Phi) is 86.0. The Labute approximate surface area is 825 Å². The number of aryl methyl sites for hydroxylation is 3. The first-order valence-corrected chi connectivity index (χ1v) is 44.4. The molecule has 0 spiro atoms. The Morgan fingerprint density at radius 3 is 0.763 bits per heavy atom. The van der Waals surface area contributed by atoms with Gasteiger partial charge >= 0.3 is 43.2 Å². The van der Waals surface area contributed by atoms with Crippen LogP contribution in [0.4, 0.5) is 26.3 Å². The number of nitrogens with zero attached hydrogens (tertiary/aromatic N) is 5. The molecule has 5 aromatic heterocycles. The molecule has 0 saturated carbocycles. The molecule has 5 heterocycles. The van der Waals surface area contributed by atoms with Crippen molar-refractivity contribution in [3.05, 3.63) is 325 Å². The molecular weight excluding hydrogens is 1770 g/mol. The number of rotatable bonds is 23. The fourth-order valence-electron chi connectivity index (χ4n) is 11.6. The van der Waals surface area contributed by atoms with Crippen LogP contribution in [0, 0.1) is 20.8 Å². The maximum Gasteiger partial charge on any atom is 1.00 e. The fourth-order valence-corrected chi connectivity index (χ4v) is 12.7. The van der Waals surface area contributed by atoms with Crippen LogP contribution in [0.1, 0.15) is 253 Å². The van der Waals surface area contributed by atoms with Crippen LogP contribution in [0.25, 0.3) is 0 Å². The number of aromatic nitrogens is 5. The number of nitrogens with two attached hydrogens (primary N) is 1. The summed E-state index contributed by atoms with van der Waals surface area (Å²) in [7, 11) is 32.0. The number of alkyl halides is 6. The van der Waals surface area contributed by atoms with Crippen LogP contribution in [-0.4, -0.2) is 162 Å². The Morgan fingerprint density at radius 2 is 0.557 bits per heavy atom. The first-order chi connectivity index (χ1) is 60.4. The van der Waals surface area contributed by atoms with Gasteiger partial charge in [0.15, 0.2) is 0 Å². The van der Waals surface area contributed by atoms with Crippen LogP contribution >= 0.6 is 31.9 Å². The monoisotopic (exact) mass is 1900 g/mol. The Morgan fingerprint density at radius 1 is 0.366 bits per heavy atom. The van der Waals surface area contributed by atoms with E-state index in [0.29, 0.717) is 37.1 Å². The molecule has 131 heavy (non-hydrogen) atoms. The molecule has 13 nitrogen and oxygen atoms in total. The van der Waals surface area contributed by atoms with Crippen molar-refractivity contribution in [1.82, 2.24) is 24.9 Å². The van der Waals surface area contributed by atoms with Crippen molar-refractivity contribution in [2.45, 2.75) is 256 Å². The van der Waals surface area contributed by atoms with Crippen molar-refractivity contribution in [3.8, 4) is 0 Å². The molecule has 0 aliphatic heterocycles. The number of carbonyl (C=O) groups is 4. The van der Waals surface area contributed by atoms with Gasteiger partial charge in [0.25, 0.3) is 0 Å². The minimum atomic E-state index is -4.81. The molecule has 0 aliphatic rings. The molecule has 0 amide bonds. The summed E-state index contributed by atoms with van der Waals surface area (Å²) in [5.74, 6) is -4.97. The quantitative estimate of drug-likeness (QED) is 0.0360. The van der Waals surface area contributed by atoms with Crippen molar-refractivity contribution >= 4 is 140 Å². The van der Waals surface area contributed by atoms with Crippen molar-refractivity contribution in [3.63, 3.8) is 0 Å². The summed E-state index contributed by atoms with van der Waals surface area (Å²) in [5.41, 5.74) is 17.1. The maximum absolute atomic E-state index is 12.6. The van der Waals surface area contributed by atoms with Gasteiger partial charge in [0.2, 0.25) is 11.6 Å². The van der Waals surface area contributed by atoms with E-state index in [1.54, 1.807) is 69.1 Å². The van der Waals surface area contributed by atoms with E-state index in [4.69, 9.17) is 15.2 Å². The number of hydrogen-bond acceptors (Lipinski definition) is 13. The zero-order valence-corrected chi connectivity index (χ0v) is 84.1. The van der Waals surface area contributed by atoms with Crippen LogP contribution in [0.3, 0.4) is 0 Å². The van der Waals surface area contributed by atoms with E-state index < -0.39 is 66.2 Å². The zero-order valence-electron chi connectivity index (χ0n) is 80.9. The van der Waals surface area contributed by atoms with Crippen LogP contribution in [0.2, 0.25) is 0 Å². The molecule has 3 N–H and O–H groups in total. The first-order valence-electron chi connectivity index (χ1n) is 42.8. The standard InChI is InChI=1S/C20H25NO2.C19H22BrNO2.2C17H16F3NO.C13H13BrN2.6C2H6.B4.B3.B2.2B.Li.H2O/c1-15-9-8-12-21-19(15)17(13-16-10-6-5-7-11-16)14-18(22)23-20(2,3)4;1-19(2,3)23-17(22)13-15(12-14-8-5-4-6-9-14)18-16(20)10-7-11-21-18;2*1-12-6-5-9-21-16(12)14(11-15(22)17(18,19)20)10-13-7-3-2-4-8-13;14-11-7-4-8-16-13(11)12(15)9-10-5-2-1-3-6-10;6*1-2;1-4(2)3;1-3-2;1-2;;;;/h5-12,17H,13-14H2,1-4H3;4-11,15H,12-13H2,1-3H3;2*2-9,14H,10-11H2,1H3;1-8,12H,9,15H2;6*1-2H3;;;;;;;1H2/q;;;;;;;;;;;;;;;;+1;/p-1/t17-;15-;2*14-;12-;;;;;;;;;;;;;/m11110............./s1. The largest absolute Gasteiger partial charge is 1.00 e. The van der Waals surface area contributed by atoms with Crippen LogP contribution in [0.15, 0.2) is 252 Å². The SMILES string of the molecule is CC.CC.CC.CC.CC.CC.CC(C)(C)OC(=O)C[C@@H](Cc1ccccc1)c1ncccc1Br.Cc1cccnc1[C@@H](CC(=O)C(F)(F)F)Cc1ccccc1.Cc1cccnc1[C@@H](CC(=O)C(F)(F)F)Cc1ccccc1.Cc1cccnc1[C@@H](CC(=O)OC(C)(C)C)Cc1ccccc1.N[C@@H](Cc1ccccc1)c1ncccc1Br.[B].[B].[B]B([B])[B].[B][B].[B][B][B].[Li+].[OH-]. The van der Waals surface area contributed by atoms with Crippen molar-refractivity contribution in [1.29, 1.82) is 0 Å². The van der Waals surface area contributed by atoms with Gasteiger partial charge in [0, 0.05) is 178 Å². The summed E-state index contributed by atoms with van der Waals surface area (Å²) in [5, 5.41) is 0. The Bertz CT molecular complexity index is 4230. The second-order valence-corrected chi connectivity index (χ2v) is 30.0. The molecule has 0 bridgehead atoms. The van der Waals surface area contributed by atoms with Gasteiger partial charge in [0.05, 0.1) is 30.3 Å². The average Bonchev–Trinajstić information content (AvgIpc) is 0.856. The van der Waals surface area contributed by atoms with Crippen LogP contribution < -0.4 is 24.6 Å². The second kappa shape index (κ2) is 81.5. The topological polar surface area (TPSA) is 207 Å². The summed E-state index contributed by atoms with van der Waals surface area (Å²) < 4.78 is 88.4. The van der Waals surface area contributed by atoms with Crippen LogP contribution in [-0.2, 0) is 60.8 Å². The molecule has 10 rings (SSSR count). The second-order valence-electron chi connectivity index (χ2n) is 28.3. The first kappa shape index (κ1) is 138. The fraction of sp³-hybridized carbons (Fsp3) is 0.398. The summed E-state index contributed by atoms with van der Waals surface area (Å²) in [6, 6.07) is 67.5. The molecule has 5 atom stereocenters. The summed E-state index contributed by atoms with van der Waals surface area (Å²) in [4.78, 5) is 69.0. The van der Waals surface area contributed by atoms with Gasteiger partial charge in [0.1, 0.15) is 11.2 Å². The van der Waals surface area contributed by atoms with Gasteiger partial charge in [-0.3, -0.25) is 44.1 Å². The number of carbonyl (C=O) groups excluding carboxylic acids is 4. The number of Topliss-reactive ketones (excluding diaryl/α,β-unsaturated/α-hetero) is 2. The van der Waals surface area contributed by atoms with Gasteiger partial charge in [-0.2, -0.15) is 26.3 Å². The molecule has 0 fully saturated rings. The number of ketones is 2. The molecule has 0 aliphatic carbocycles. The van der Waals surface area contributed by atoms with Crippen molar-refractivity contribution in [2.75, 3.05) is 0 Å². The molecular formula is C98H129B11Br2F6LiN6O7. The molecule has 683 valence electrons. The molecule has 0 saturated heterocycles. The normalized spacial score (nSPS) is 10.9. The number of benzene rings is 5. The van der Waals surface area contributed by atoms with E-state index in [2.05, 4.69) is 147 Å². The number of esters is 2. The van der Waals surface area contributed by atoms with E-state index in [0.717, 1.165) is 80.2 Å². The number of hydrogen-bond donors (Lipinski definition) is 1. The smallest absolute Gasteiger partial charge is 0.870 e. The number of halogens is 8. The van der Waals surface area contributed by atoms with Gasteiger partial charge in [-0.15, -0.1) is 0 Å². The molecule has 21 radical (unpaired) electrons. The third-order valence-corrected chi connectivity index (χ3v) is 17.7. The molecule has 0 unspecified atom stereocenters. The van der Waals surface area contributed by atoms with E-state index in [1.165, 1.54) is 16.7 Å². The molecule has 33 heteroatoms. The Balaban J connectivity index is -0.000000227. The maximum atomic E-state index is 12.6. The zero-order chi connectivity index (χ0) is 97.7. The molecule has 10 aromatic rings. The van der Waals surface area contributed by atoms with Crippen LogP contribution in [0.5, 0.6) is 0 Å².